The van der Waals surface area contributed by atoms with Gasteiger partial charge in [0, 0.05) is 66.5 Å². The van der Waals surface area contributed by atoms with Crippen molar-refractivity contribution in [2.75, 3.05) is 4.90 Å². The van der Waals surface area contributed by atoms with Crippen molar-refractivity contribution < 1.29 is 15.7 Å². The van der Waals surface area contributed by atoms with Crippen LogP contribution in [-0.2, 0) is 32.5 Å². The predicted molar refractivity (Wildman–Crippen MR) is 443 cm³/mol. The summed E-state index contributed by atoms with van der Waals surface area (Å²) >= 11 is 0. The number of aromatic nitrogens is 2. The van der Waals surface area contributed by atoms with Gasteiger partial charge in [-0.2, -0.15) is 0 Å². The Balaban J connectivity index is 1.10. The molecule has 0 N–H and O–H groups in total. The van der Waals surface area contributed by atoms with Crippen LogP contribution in [0.4, 0.5) is 17.1 Å². The third-order valence-corrected chi connectivity index (χ3v) is 22.6. The van der Waals surface area contributed by atoms with Gasteiger partial charge in [0.05, 0.1) is 44.1 Å². The molecule has 0 saturated carbocycles. The lowest BCUT2D eigenvalue weighted by Gasteiger charge is -2.50. The maximum absolute atomic E-state index is 10.2. The van der Waals surface area contributed by atoms with Crippen molar-refractivity contribution in [2.45, 2.75) is 136 Å². The number of benzene rings is 13. The van der Waals surface area contributed by atoms with Crippen LogP contribution in [0.3, 0.4) is 0 Å². The second-order valence-electron chi connectivity index (χ2n) is 34.4. The van der Waals surface area contributed by atoms with Crippen molar-refractivity contribution in [1.82, 2.24) is 9.13 Å². The molecule has 18 rings (SSSR count). The minimum absolute atomic E-state index is 0.00595. The number of fused-ring (bicyclic) bond motifs is 16. The highest BCUT2D eigenvalue weighted by Gasteiger charge is 2.55. The maximum Gasteiger partial charge on any atom is 0.247 e. The van der Waals surface area contributed by atoms with E-state index in [1.807, 2.05) is 12.1 Å². The Labute approximate surface area is 625 Å². The van der Waals surface area contributed by atoms with Crippen LogP contribution in [-0.4, -0.2) is 15.8 Å². The van der Waals surface area contributed by atoms with Crippen LogP contribution in [0.5, 0.6) is 11.5 Å². The normalized spacial score (nSPS) is 15.1. The quantitative estimate of drug-likeness (QED) is 0.155. The van der Waals surface area contributed by atoms with Crippen molar-refractivity contribution >= 4 is 83.8 Å². The number of para-hydroxylation sites is 4. The van der Waals surface area contributed by atoms with Crippen molar-refractivity contribution in [3.8, 4) is 56.3 Å². The average Bonchev–Trinajstić information content (AvgIpc) is 0.773. The highest BCUT2D eigenvalue weighted by atomic mass is 16.5. The summed E-state index contributed by atoms with van der Waals surface area (Å²) in [6, 6.07) is 78.9. The standard InChI is InChI=1S/C99H90BN3O/c1-94(2,3)65-43-48-86-76(54-65)77-55-66(95(4,5)6)44-49-87(77)101(86)70-45-47-83-88(59-70)103(93-74(61-30-18-16-19-31-61)56-69(98(13,14)15)57-75(93)62-32-20-17-21-33-62)89-60-71(102-84-38-26-22-34-72(84)73-35-23-27-39-85(73)102)58-81-92(89)100(83)82-46-42-63(64-50-67(96(7,8)9)53-68(51-64)97(10,11)12)52-80(82)99(81)78-36-24-28-40-90(78)104-91-41-29-25-37-79(91)99/h16-60H,1-15H3/i22D,23D,26D,27D,34D,35D,38D,39D. The van der Waals surface area contributed by atoms with E-state index in [9.17, 15) is 11.0 Å². The number of rotatable bonds is 6. The van der Waals surface area contributed by atoms with Gasteiger partial charge >= 0.3 is 0 Å². The summed E-state index contributed by atoms with van der Waals surface area (Å²) in [5.74, 6) is 1.31. The van der Waals surface area contributed by atoms with E-state index in [1.165, 1.54) is 22.3 Å². The molecular weight excluding hydrogens is 1260 g/mol. The van der Waals surface area contributed by atoms with Crippen LogP contribution in [0, 0.1) is 0 Å². The first-order valence-corrected chi connectivity index (χ1v) is 36.8. The molecule has 5 heteroatoms. The van der Waals surface area contributed by atoms with E-state index in [1.54, 1.807) is 4.57 Å². The van der Waals surface area contributed by atoms with Gasteiger partial charge in [-0.05, 0) is 184 Å². The fourth-order valence-corrected chi connectivity index (χ4v) is 17.1. The molecule has 0 unspecified atom stereocenters. The molecule has 4 nitrogen and oxygen atoms in total. The van der Waals surface area contributed by atoms with Gasteiger partial charge in [-0.1, -0.05) is 297 Å². The smallest absolute Gasteiger partial charge is 0.247 e. The summed E-state index contributed by atoms with van der Waals surface area (Å²) < 4.78 is 89.6. The number of nitrogens with zero attached hydrogens (tertiary/aromatic N) is 3. The molecule has 0 saturated heterocycles. The van der Waals surface area contributed by atoms with E-state index in [4.69, 9.17) is 4.74 Å². The lowest BCUT2D eigenvalue weighted by molar-refractivity contribution is 0.435. The third kappa shape index (κ3) is 10.1. The van der Waals surface area contributed by atoms with Crippen molar-refractivity contribution in [3.63, 3.8) is 0 Å². The third-order valence-electron chi connectivity index (χ3n) is 22.6. The number of hydrogen-bond donors (Lipinski definition) is 0. The average molecular weight is 1360 g/mol. The summed E-state index contributed by atoms with van der Waals surface area (Å²) in [5, 5.41) is 2.30. The largest absolute Gasteiger partial charge is 0.457 e. The van der Waals surface area contributed by atoms with Crippen molar-refractivity contribution in [3.05, 3.63) is 323 Å². The number of ether oxygens (including phenoxy) is 1. The zero-order valence-corrected chi connectivity index (χ0v) is 62.2. The zero-order chi connectivity index (χ0) is 78.9. The lowest BCUT2D eigenvalue weighted by Crippen LogP contribution is -2.65. The zero-order valence-electron chi connectivity index (χ0n) is 70.2. The lowest BCUT2D eigenvalue weighted by atomic mass is 9.29. The van der Waals surface area contributed by atoms with E-state index >= 15 is 0 Å². The predicted octanol–water partition coefficient (Wildman–Crippen LogP) is 24.5. The van der Waals surface area contributed by atoms with E-state index in [0.717, 1.165) is 122 Å². The molecule has 2 aromatic heterocycles. The summed E-state index contributed by atoms with van der Waals surface area (Å²) in [6.07, 6.45) is 0. The Hall–Kier alpha value is -10.9. The first-order chi connectivity index (χ1) is 53.0. The molecule has 15 aromatic rings. The fraction of sp³-hybridized carbons (Fsp3) is 0.212. The van der Waals surface area contributed by atoms with E-state index in [-0.39, 0.29) is 61.0 Å². The number of anilines is 3. The summed E-state index contributed by atoms with van der Waals surface area (Å²) in [7, 11) is 0. The van der Waals surface area contributed by atoms with Crippen LogP contribution in [0.2, 0.25) is 0 Å². The Bertz CT molecular complexity index is 6270. The fourth-order valence-electron chi connectivity index (χ4n) is 17.1. The Morgan fingerprint density at radius 3 is 1.31 bits per heavy atom. The molecular formula is C99H90BN3O. The highest BCUT2D eigenvalue weighted by molar-refractivity contribution is 6.99. The Kier molecular flexibility index (Phi) is 12.6. The minimum atomic E-state index is -1.27. The van der Waals surface area contributed by atoms with Gasteiger partial charge in [-0.15, -0.1) is 0 Å². The molecule has 0 atom stereocenters. The molecule has 3 aliphatic heterocycles. The van der Waals surface area contributed by atoms with Crippen LogP contribution in [0.15, 0.2) is 273 Å². The summed E-state index contributed by atoms with van der Waals surface area (Å²) in [5.41, 5.74) is 22.5. The van der Waals surface area contributed by atoms with Gasteiger partial charge in [0.15, 0.2) is 0 Å². The Morgan fingerprint density at radius 1 is 0.327 bits per heavy atom. The minimum Gasteiger partial charge on any atom is -0.457 e. The van der Waals surface area contributed by atoms with Gasteiger partial charge in [-0.3, -0.25) is 0 Å². The van der Waals surface area contributed by atoms with Crippen LogP contribution in [0.25, 0.3) is 88.4 Å². The molecule has 0 radical (unpaired) electrons. The molecule has 510 valence electrons. The molecule has 1 spiro atoms. The second kappa shape index (κ2) is 23.1. The van der Waals surface area contributed by atoms with Crippen LogP contribution >= 0.6 is 0 Å². The van der Waals surface area contributed by atoms with E-state index in [2.05, 4.69) is 326 Å². The molecule has 0 aliphatic carbocycles. The molecule has 104 heavy (non-hydrogen) atoms. The van der Waals surface area contributed by atoms with Gasteiger partial charge in [0.2, 0.25) is 6.71 Å². The molecule has 5 heterocycles. The van der Waals surface area contributed by atoms with Gasteiger partial charge < -0.3 is 18.8 Å². The van der Waals surface area contributed by atoms with Crippen LogP contribution in [0.1, 0.15) is 165 Å². The first-order valence-electron chi connectivity index (χ1n) is 40.8. The van der Waals surface area contributed by atoms with Gasteiger partial charge in [0.25, 0.3) is 0 Å². The topological polar surface area (TPSA) is 22.3 Å². The SMILES string of the molecule is [2H]c1c([2H])c([2H])c2c(c1[2H])c1c([2H])c([2H])c([2H])c([2H])c1n2-c1cc2c3c(c1)C1(c4ccccc4Oc4ccccc41)c1cc(-c4cc(C(C)(C)C)cc(C(C)(C)C)c4)ccc1B3c1ccc(-n3c4ccc(C(C)(C)C)cc4c4cc(C(C)(C)C)ccc43)cc1N2c1c(-c2ccccc2)cc(C(C)(C)C)cc1-c1ccccc1. The molecule has 3 aliphatic rings. The highest BCUT2D eigenvalue weighted by Crippen LogP contribution is 2.60. The van der Waals surface area contributed by atoms with Crippen molar-refractivity contribution in [2.24, 2.45) is 0 Å². The monoisotopic (exact) mass is 1360 g/mol. The van der Waals surface area contributed by atoms with E-state index < -0.39 is 48.4 Å². The van der Waals surface area contributed by atoms with Crippen LogP contribution < -0.4 is 26.0 Å². The molecule has 0 bridgehead atoms. The molecule has 0 amide bonds. The van der Waals surface area contributed by atoms with Gasteiger partial charge in [0.1, 0.15) is 11.5 Å². The second-order valence-corrected chi connectivity index (χ2v) is 34.4. The Morgan fingerprint density at radius 2 is 0.788 bits per heavy atom. The first kappa shape index (κ1) is 56.6. The van der Waals surface area contributed by atoms with Gasteiger partial charge in [-0.25, -0.2) is 0 Å². The molecule has 13 aromatic carbocycles. The maximum atomic E-state index is 10.2. The summed E-state index contributed by atoms with van der Waals surface area (Å²) in [4.78, 5) is 2.49. The summed E-state index contributed by atoms with van der Waals surface area (Å²) in [6.45, 7) is 33.6. The van der Waals surface area contributed by atoms with E-state index in [0.29, 0.717) is 17.2 Å². The molecule has 0 fully saturated rings. The van der Waals surface area contributed by atoms with Crippen molar-refractivity contribution in [1.29, 1.82) is 0 Å². The number of hydrogen-bond acceptors (Lipinski definition) is 2.